The molecular formula is C13H14BrFN2. The standard InChI is InChI=1S/C13H14BrFN2/c1-9(2)13-16-5-6-17(13)8-10-7-11(14)3-4-12(10)15/h3-7,9H,8H2,1-2H3. The van der Waals surface area contributed by atoms with Crippen LogP contribution in [0.5, 0.6) is 0 Å². The van der Waals surface area contributed by atoms with Crippen LogP contribution in [0.15, 0.2) is 35.1 Å². The monoisotopic (exact) mass is 296 g/mol. The molecule has 0 aliphatic rings. The van der Waals surface area contributed by atoms with E-state index in [0.29, 0.717) is 18.0 Å². The van der Waals surface area contributed by atoms with Crippen LogP contribution in [0.4, 0.5) is 4.39 Å². The van der Waals surface area contributed by atoms with Gasteiger partial charge in [-0.05, 0) is 18.2 Å². The number of rotatable bonds is 3. The summed E-state index contributed by atoms with van der Waals surface area (Å²) in [5, 5.41) is 0. The molecule has 0 saturated carbocycles. The Hall–Kier alpha value is -1.16. The van der Waals surface area contributed by atoms with E-state index in [9.17, 15) is 4.39 Å². The largest absolute Gasteiger partial charge is 0.330 e. The SMILES string of the molecule is CC(C)c1nccn1Cc1cc(Br)ccc1F. The third-order valence-electron chi connectivity index (χ3n) is 2.61. The molecule has 2 aromatic rings. The third kappa shape index (κ3) is 2.75. The van der Waals surface area contributed by atoms with Crippen LogP contribution in [0.1, 0.15) is 31.2 Å². The number of hydrogen-bond donors (Lipinski definition) is 0. The molecular weight excluding hydrogens is 283 g/mol. The molecule has 0 aliphatic carbocycles. The molecule has 0 radical (unpaired) electrons. The molecule has 2 rings (SSSR count). The first kappa shape index (κ1) is 12.3. The van der Waals surface area contributed by atoms with Gasteiger partial charge in [-0.3, -0.25) is 0 Å². The maximum Gasteiger partial charge on any atom is 0.128 e. The molecule has 2 nitrogen and oxygen atoms in total. The number of benzene rings is 1. The van der Waals surface area contributed by atoms with Gasteiger partial charge in [0.05, 0.1) is 6.54 Å². The topological polar surface area (TPSA) is 17.8 Å². The number of halogens is 2. The van der Waals surface area contributed by atoms with Crippen molar-refractivity contribution in [2.75, 3.05) is 0 Å². The number of aromatic nitrogens is 2. The molecule has 1 aromatic heterocycles. The molecule has 0 unspecified atom stereocenters. The van der Waals surface area contributed by atoms with E-state index < -0.39 is 0 Å². The van der Waals surface area contributed by atoms with Crippen molar-refractivity contribution in [2.24, 2.45) is 0 Å². The van der Waals surface area contributed by atoms with E-state index in [-0.39, 0.29) is 5.82 Å². The maximum absolute atomic E-state index is 13.6. The van der Waals surface area contributed by atoms with Gasteiger partial charge in [0.1, 0.15) is 11.6 Å². The number of hydrogen-bond acceptors (Lipinski definition) is 1. The van der Waals surface area contributed by atoms with E-state index in [0.717, 1.165) is 10.3 Å². The van der Waals surface area contributed by atoms with Gasteiger partial charge in [-0.15, -0.1) is 0 Å². The lowest BCUT2D eigenvalue weighted by Crippen LogP contribution is -2.07. The Morgan fingerprint density at radius 2 is 2.18 bits per heavy atom. The molecule has 0 fully saturated rings. The van der Waals surface area contributed by atoms with Gasteiger partial charge in [0.15, 0.2) is 0 Å². The van der Waals surface area contributed by atoms with Crippen LogP contribution in [-0.4, -0.2) is 9.55 Å². The van der Waals surface area contributed by atoms with E-state index in [1.807, 2.05) is 10.8 Å². The molecule has 1 heterocycles. The lowest BCUT2D eigenvalue weighted by Gasteiger charge is -2.11. The Bertz CT molecular complexity index is 520. The van der Waals surface area contributed by atoms with Gasteiger partial charge >= 0.3 is 0 Å². The van der Waals surface area contributed by atoms with Crippen molar-refractivity contribution >= 4 is 15.9 Å². The van der Waals surface area contributed by atoms with Gasteiger partial charge in [0.25, 0.3) is 0 Å². The number of imidazole rings is 1. The van der Waals surface area contributed by atoms with Crippen molar-refractivity contribution in [3.8, 4) is 0 Å². The minimum atomic E-state index is -0.184. The molecule has 0 atom stereocenters. The minimum Gasteiger partial charge on any atom is -0.330 e. The Balaban J connectivity index is 2.31. The Morgan fingerprint density at radius 1 is 1.41 bits per heavy atom. The highest BCUT2D eigenvalue weighted by Gasteiger charge is 2.09. The smallest absolute Gasteiger partial charge is 0.128 e. The second-order valence-corrected chi connectivity index (χ2v) is 5.22. The zero-order chi connectivity index (χ0) is 12.4. The number of nitrogens with zero attached hydrogens (tertiary/aromatic N) is 2. The van der Waals surface area contributed by atoms with Crippen LogP contribution in [0, 0.1) is 5.82 Å². The van der Waals surface area contributed by atoms with E-state index in [4.69, 9.17) is 0 Å². The second-order valence-electron chi connectivity index (χ2n) is 4.30. The summed E-state index contributed by atoms with van der Waals surface area (Å²) in [6, 6.07) is 4.99. The first-order valence-corrected chi connectivity index (χ1v) is 6.32. The summed E-state index contributed by atoms with van der Waals surface area (Å²) in [6.45, 7) is 4.67. The zero-order valence-corrected chi connectivity index (χ0v) is 11.4. The fourth-order valence-electron chi connectivity index (χ4n) is 1.80. The fourth-order valence-corrected chi connectivity index (χ4v) is 2.21. The third-order valence-corrected chi connectivity index (χ3v) is 3.11. The van der Waals surface area contributed by atoms with E-state index in [1.165, 1.54) is 6.07 Å². The normalized spacial score (nSPS) is 11.1. The highest BCUT2D eigenvalue weighted by molar-refractivity contribution is 9.10. The lowest BCUT2D eigenvalue weighted by molar-refractivity contribution is 0.588. The zero-order valence-electron chi connectivity index (χ0n) is 9.82. The van der Waals surface area contributed by atoms with Gasteiger partial charge in [-0.2, -0.15) is 0 Å². The van der Waals surface area contributed by atoms with E-state index in [2.05, 4.69) is 34.8 Å². The summed E-state index contributed by atoms with van der Waals surface area (Å²) in [5.74, 6) is 1.13. The molecule has 1 aromatic carbocycles. The van der Waals surface area contributed by atoms with Crippen molar-refractivity contribution in [3.63, 3.8) is 0 Å². The highest BCUT2D eigenvalue weighted by Crippen LogP contribution is 2.19. The van der Waals surface area contributed by atoms with E-state index >= 15 is 0 Å². The summed E-state index contributed by atoms with van der Waals surface area (Å²) in [5.41, 5.74) is 0.666. The lowest BCUT2D eigenvalue weighted by atomic mass is 10.2. The average Bonchev–Trinajstić information content (AvgIpc) is 2.71. The van der Waals surface area contributed by atoms with Crippen LogP contribution in [0.3, 0.4) is 0 Å². The molecule has 0 amide bonds. The summed E-state index contributed by atoms with van der Waals surface area (Å²) < 4.78 is 16.5. The van der Waals surface area contributed by atoms with Crippen LogP contribution in [0.25, 0.3) is 0 Å². The Kier molecular flexibility index (Phi) is 3.62. The summed E-state index contributed by atoms with van der Waals surface area (Å²) >= 11 is 3.36. The maximum atomic E-state index is 13.6. The van der Waals surface area contributed by atoms with Gasteiger partial charge in [-0.1, -0.05) is 29.8 Å². The molecule has 90 valence electrons. The van der Waals surface area contributed by atoms with Crippen molar-refractivity contribution in [1.82, 2.24) is 9.55 Å². The van der Waals surface area contributed by atoms with Gasteiger partial charge < -0.3 is 4.57 Å². The molecule has 17 heavy (non-hydrogen) atoms. The van der Waals surface area contributed by atoms with Crippen molar-refractivity contribution in [2.45, 2.75) is 26.3 Å². The van der Waals surface area contributed by atoms with E-state index in [1.54, 1.807) is 18.3 Å². The molecule has 0 bridgehead atoms. The van der Waals surface area contributed by atoms with Crippen molar-refractivity contribution in [1.29, 1.82) is 0 Å². The van der Waals surface area contributed by atoms with Crippen LogP contribution in [-0.2, 0) is 6.54 Å². The summed E-state index contributed by atoms with van der Waals surface area (Å²) in [6.07, 6.45) is 3.64. The molecule has 0 saturated heterocycles. The molecule has 4 heteroatoms. The fraction of sp³-hybridized carbons (Fsp3) is 0.308. The van der Waals surface area contributed by atoms with Crippen LogP contribution in [0.2, 0.25) is 0 Å². The molecule has 0 aliphatic heterocycles. The van der Waals surface area contributed by atoms with Crippen molar-refractivity contribution < 1.29 is 4.39 Å². The van der Waals surface area contributed by atoms with Crippen molar-refractivity contribution in [3.05, 3.63) is 52.3 Å². The van der Waals surface area contributed by atoms with Gasteiger partial charge in [0, 0.05) is 28.3 Å². The first-order valence-electron chi connectivity index (χ1n) is 5.53. The second kappa shape index (κ2) is 5.00. The van der Waals surface area contributed by atoms with Crippen LogP contribution >= 0.6 is 15.9 Å². The summed E-state index contributed by atoms with van der Waals surface area (Å²) in [4.78, 5) is 4.29. The minimum absolute atomic E-state index is 0.184. The van der Waals surface area contributed by atoms with Crippen LogP contribution < -0.4 is 0 Å². The highest BCUT2D eigenvalue weighted by atomic mass is 79.9. The predicted molar refractivity (Wildman–Crippen MR) is 69.5 cm³/mol. The summed E-state index contributed by atoms with van der Waals surface area (Å²) in [7, 11) is 0. The average molecular weight is 297 g/mol. The quantitative estimate of drug-likeness (QED) is 0.838. The molecule has 0 spiro atoms. The van der Waals surface area contributed by atoms with Gasteiger partial charge in [-0.25, -0.2) is 9.37 Å². The predicted octanol–water partition coefficient (Wildman–Crippen LogP) is 3.96. The van der Waals surface area contributed by atoms with Gasteiger partial charge in [0.2, 0.25) is 0 Å². The Morgan fingerprint density at radius 3 is 2.88 bits per heavy atom. The first-order chi connectivity index (χ1) is 8.08. The molecule has 0 N–H and O–H groups in total. The Labute approximate surface area is 109 Å².